The highest BCUT2D eigenvalue weighted by atomic mass is 79.9. The molecule has 0 radical (unpaired) electrons. The van der Waals surface area contributed by atoms with Crippen molar-refractivity contribution in [2.24, 2.45) is 0 Å². The molecule has 0 bridgehead atoms. The smallest absolute Gasteiger partial charge is 0.438 e. The monoisotopic (exact) mass is 514 g/mol. The molecular formula is C16H8BrF5N2O5S. The molecule has 0 aliphatic carbocycles. The number of halogens is 6. The number of carbonyl (C=O) groups excluding carboxylic acids is 1. The Bertz CT molecular complexity index is 1190. The van der Waals surface area contributed by atoms with Crippen LogP contribution in [0.25, 0.3) is 0 Å². The molecule has 0 saturated carbocycles. The Balaban J connectivity index is 1.90. The number of nitrogens with zero attached hydrogens (tertiary/aromatic N) is 1. The Morgan fingerprint density at radius 2 is 1.90 bits per heavy atom. The Morgan fingerprint density at radius 3 is 2.50 bits per heavy atom. The van der Waals surface area contributed by atoms with E-state index in [1.807, 2.05) is 0 Å². The van der Waals surface area contributed by atoms with Gasteiger partial charge in [-0.15, -0.1) is 0 Å². The summed E-state index contributed by atoms with van der Waals surface area (Å²) in [7, 11) is -6.01. The van der Waals surface area contributed by atoms with Crippen molar-refractivity contribution in [1.82, 2.24) is 10.3 Å². The normalized spacial score (nSPS) is 22.1. The summed E-state index contributed by atoms with van der Waals surface area (Å²) in [5, 5.41) is 2.16. The summed E-state index contributed by atoms with van der Waals surface area (Å²) in [5.41, 5.74) is -7.85. The standard InChI is InChI=1S/C16H8BrF5N2O5S/c17-7-3-10-12(23-5-7)28-11-2-1-8(29-30(26,27)16(20,21)22)4-9(11)14(10)6-15(18,19)13(25)24-14/h1-5H,6H2,(H,24,25). The number of aromatic nitrogens is 1. The van der Waals surface area contributed by atoms with Crippen molar-refractivity contribution in [3.05, 3.63) is 46.1 Å². The van der Waals surface area contributed by atoms with Gasteiger partial charge in [0.05, 0.1) is 6.42 Å². The molecule has 1 N–H and O–H groups in total. The van der Waals surface area contributed by atoms with Gasteiger partial charge in [0.25, 0.3) is 5.91 Å². The van der Waals surface area contributed by atoms with Crippen molar-refractivity contribution in [2.45, 2.75) is 23.4 Å². The van der Waals surface area contributed by atoms with Gasteiger partial charge in [-0.3, -0.25) is 4.79 Å². The van der Waals surface area contributed by atoms with Crippen molar-refractivity contribution in [3.8, 4) is 17.4 Å². The number of alkyl halides is 5. The molecule has 4 rings (SSSR count). The van der Waals surface area contributed by atoms with Gasteiger partial charge in [-0.25, -0.2) is 4.98 Å². The number of carbonyl (C=O) groups is 1. The van der Waals surface area contributed by atoms with Gasteiger partial charge in [-0.05, 0) is 40.2 Å². The molecule has 1 unspecified atom stereocenters. The molecule has 30 heavy (non-hydrogen) atoms. The highest BCUT2D eigenvalue weighted by Crippen LogP contribution is 2.54. The molecule has 3 heterocycles. The van der Waals surface area contributed by atoms with E-state index in [0.29, 0.717) is 4.47 Å². The molecule has 2 aliphatic heterocycles. The number of ether oxygens (including phenoxy) is 1. The first kappa shape index (κ1) is 20.8. The van der Waals surface area contributed by atoms with Crippen LogP contribution < -0.4 is 14.2 Å². The van der Waals surface area contributed by atoms with E-state index in [4.69, 9.17) is 4.74 Å². The van der Waals surface area contributed by atoms with E-state index < -0.39 is 45.2 Å². The lowest BCUT2D eigenvalue weighted by Gasteiger charge is -2.36. The molecule has 1 amide bonds. The van der Waals surface area contributed by atoms with Gasteiger partial charge in [0.15, 0.2) is 0 Å². The summed E-state index contributed by atoms with van der Waals surface area (Å²) >= 11 is 3.13. The van der Waals surface area contributed by atoms with Crippen LogP contribution in [0.1, 0.15) is 17.5 Å². The maximum absolute atomic E-state index is 14.2. The Kier molecular flexibility index (Phi) is 4.34. The third kappa shape index (κ3) is 3.09. The van der Waals surface area contributed by atoms with E-state index >= 15 is 0 Å². The fourth-order valence-electron chi connectivity index (χ4n) is 3.29. The number of nitrogens with one attached hydrogen (secondary N) is 1. The molecule has 1 aromatic heterocycles. The lowest BCUT2D eigenvalue weighted by atomic mass is 9.79. The van der Waals surface area contributed by atoms with Crippen LogP contribution in [0.4, 0.5) is 22.0 Å². The Hall–Kier alpha value is -2.48. The Labute approximate surface area is 173 Å². The minimum atomic E-state index is -6.01. The van der Waals surface area contributed by atoms with E-state index in [0.717, 1.165) is 18.2 Å². The summed E-state index contributed by atoms with van der Waals surface area (Å²) in [6.45, 7) is 0. The predicted molar refractivity (Wildman–Crippen MR) is 92.5 cm³/mol. The zero-order valence-electron chi connectivity index (χ0n) is 14.3. The molecule has 14 heteroatoms. The largest absolute Gasteiger partial charge is 0.534 e. The van der Waals surface area contributed by atoms with Crippen LogP contribution in [0.3, 0.4) is 0 Å². The van der Waals surface area contributed by atoms with Gasteiger partial charge in [-0.2, -0.15) is 30.4 Å². The van der Waals surface area contributed by atoms with Crippen molar-refractivity contribution in [3.63, 3.8) is 0 Å². The zero-order valence-corrected chi connectivity index (χ0v) is 16.7. The molecule has 1 aromatic carbocycles. The van der Waals surface area contributed by atoms with Crippen LogP contribution in [0.5, 0.6) is 17.4 Å². The second-order valence-corrected chi connectivity index (χ2v) is 8.94. The molecule has 1 fully saturated rings. The zero-order chi connectivity index (χ0) is 22.1. The first-order chi connectivity index (χ1) is 13.8. The minimum Gasteiger partial charge on any atom is -0.438 e. The van der Waals surface area contributed by atoms with Crippen LogP contribution in [0.15, 0.2) is 34.9 Å². The van der Waals surface area contributed by atoms with Crippen molar-refractivity contribution in [1.29, 1.82) is 0 Å². The fourth-order valence-corrected chi connectivity index (χ4v) is 4.07. The Morgan fingerprint density at radius 1 is 1.20 bits per heavy atom. The third-order valence-corrected chi connectivity index (χ3v) is 5.94. The first-order valence-corrected chi connectivity index (χ1v) is 10.1. The molecule has 160 valence electrons. The summed E-state index contributed by atoms with van der Waals surface area (Å²) in [4.78, 5) is 15.9. The summed E-state index contributed by atoms with van der Waals surface area (Å²) in [6, 6.07) is 4.04. The van der Waals surface area contributed by atoms with E-state index in [1.54, 1.807) is 0 Å². The van der Waals surface area contributed by atoms with Crippen LogP contribution in [0, 0.1) is 0 Å². The molecule has 1 saturated heterocycles. The van der Waals surface area contributed by atoms with Gasteiger partial charge >= 0.3 is 21.5 Å². The van der Waals surface area contributed by atoms with Crippen molar-refractivity contribution in [2.75, 3.05) is 0 Å². The van der Waals surface area contributed by atoms with Gasteiger partial charge in [0.1, 0.15) is 17.0 Å². The highest BCUT2D eigenvalue weighted by Gasteiger charge is 2.61. The van der Waals surface area contributed by atoms with Gasteiger partial charge in [0, 0.05) is 21.8 Å². The SMILES string of the molecule is O=C1NC2(CC1(F)F)c1cc(OS(=O)(=O)C(F)(F)F)ccc1Oc1ncc(Br)cc12. The number of fused-ring (bicyclic) bond motifs is 4. The van der Waals surface area contributed by atoms with Gasteiger partial charge in [-0.1, -0.05) is 0 Å². The van der Waals surface area contributed by atoms with Crippen LogP contribution in [0.2, 0.25) is 0 Å². The molecule has 7 nitrogen and oxygen atoms in total. The quantitative estimate of drug-likeness (QED) is 0.374. The number of rotatable bonds is 2. The number of pyridine rings is 1. The van der Waals surface area contributed by atoms with Crippen molar-refractivity contribution >= 4 is 32.0 Å². The molecule has 1 spiro atoms. The van der Waals surface area contributed by atoms with E-state index in [2.05, 4.69) is 30.4 Å². The van der Waals surface area contributed by atoms with E-state index in [9.17, 15) is 35.2 Å². The lowest BCUT2D eigenvalue weighted by Crippen LogP contribution is -2.42. The lowest BCUT2D eigenvalue weighted by molar-refractivity contribution is -0.139. The van der Waals surface area contributed by atoms with E-state index in [-0.39, 0.29) is 22.8 Å². The van der Waals surface area contributed by atoms with Gasteiger partial charge < -0.3 is 14.2 Å². The maximum Gasteiger partial charge on any atom is 0.534 e. The maximum atomic E-state index is 14.2. The second-order valence-electron chi connectivity index (χ2n) is 6.49. The molecular weight excluding hydrogens is 507 g/mol. The summed E-state index contributed by atoms with van der Waals surface area (Å²) < 4.78 is 99.0. The number of amides is 1. The number of hydrogen-bond donors (Lipinski definition) is 1. The average molecular weight is 515 g/mol. The van der Waals surface area contributed by atoms with Gasteiger partial charge in [0.2, 0.25) is 5.88 Å². The topological polar surface area (TPSA) is 94.6 Å². The van der Waals surface area contributed by atoms with Crippen molar-refractivity contribution < 1.29 is 44.1 Å². The molecule has 2 aliphatic rings. The summed E-state index contributed by atoms with van der Waals surface area (Å²) in [6.07, 6.45) is 0.218. The number of benzene rings is 1. The van der Waals surface area contributed by atoms with Crippen LogP contribution >= 0.6 is 15.9 Å². The molecule has 1 atom stereocenters. The van der Waals surface area contributed by atoms with Crippen LogP contribution in [-0.2, 0) is 20.5 Å². The van der Waals surface area contributed by atoms with Crippen LogP contribution in [-0.4, -0.2) is 30.7 Å². The highest BCUT2D eigenvalue weighted by molar-refractivity contribution is 9.10. The van der Waals surface area contributed by atoms with E-state index in [1.165, 1.54) is 12.3 Å². The molecule has 2 aromatic rings. The fraction of sp³-hybridized carbons (Fsp3) is 0.250. The minimum absolute atomic E-state index is 0.00530. The second kappa shape index (κ2) is 6.26. The number of hydrogen-bond acceptors (Lipinski definition) is 6. The summed E-state index contributed by atoms with van der Waals surface area (Å²) in [5.74, 6) is -6.46. The third-order valence-electron chi connectivity index (χ3n) is 4.53. The first-order valence-electron chi connectivity index (χ1n) is 7.95. The average Bonchev–Trinajstić information content (AvgIpc) is 2.85. The predicted octanol–water partition coefficient (Wildman–Crippen LogP) is 3.58.